The smallest absolute Gasteiger partial charge is 0.120 e. The van der Waals surface area contributed by atoms with E-state index in [-0.39, 0.29) is 7.34 Å². The Hall–Kier alpha value is -1.62. The molecular weight excluding hydrogens is 238 g/mol. The van der Waals surface area contributed by atoms with E-state index in [0.29, 0.717) is 11.9 Å². The molecule has 0 saturated carbocycles. The molecule has 0 radical (unpaired) electrons. The number of piperidine rings is 1. The van der Waals surface area contributed by atoms with Gasteiger partial charge in [-0.15, -0.1) is 0 Å². The van der Waals surface area contributed by atoms with Gasteiger partial charge < -0.3 is 21.4 Å². The highest BCUT2D eigenvalue weighted by Crippen LogP contribution is 2.23. The van der Waals surface area contributed by atoms with Crippen LogP contribution in [0.25, 0.3) is 0 Å². The summed E-state index contributed by atoms with van der Waals surface area (Å²) in [6.07, 6.45) is 7.50. The van der Waals surface area contributed by atoms with Crippen molar-refractivity contribution in [3.63, 3.8) is 0 Å². The summed E-state index contributed by atoms with van der Waals surface area (Å²) in [7, 11) is 0. The second-order valence-corrected chi connectivity index (χ2v) is 4.79. The second kappa shape index (κ2) is 7.74. The van der Waals surface area contributed by atoms with Crippen LogP contribution < -0.4 is 11.1 Å². The van der Waals surface area contributed by atoms with Gasteiger partial charge in [-0.25, -0.2) is 0 Å². The maximum Gasteiger partial charge on any atom is 0.120 e. The third-order valence-electron chi connectivity index (χ3n) is 3.44. The van der Waals surface area contributed by atoms with E-state index in [0.717, 1.165) is 31.6 Å². The van der Waals surface area contributed by atoms with Crippen LogP contribution >= 0.6 is 0 Å². The highest BCUT2D eigenvalue weighted by Gasteiger charge is 2.29. The first kappa shape index (κ1) is 15.4. The molecule has 0 aromatic carbocycles. The van der Waals surface area contributed by atoms with E-state index in [4.69, 9.17) is 16.6 Å². The first-order chi connectivity index (χ1) is 9.15. The summed E-state index contributed by atoms with van der Waals surface area (Å²) >= 11 is 0. The number of likely N-dealkylation sites (tertiary alicyclic amines) is 1. The van der Waals surface area contributed by atoms with Gasteiger partial charge in [0.2, 0.25) is 0 Å². The Bertz CT molecular complexity index is 378. The van der Waals surface area contributed by atoms with Crippen LogP contribution in [0.3, 0.4) is 0 Å². The monoisotopic (exact) mass is 265 g/mol. The average Bonchev–Trinajstić information content (AvgIpc) is 2.40. The number of likely N-dealkylation sites (N-methyl/N-ethyl adjacent to an activating group) is 1. The number of amidine groups is 1. The normalized spacial score (nSPS) is 24.7. The molecule has 1 heterocycles. The van der Waals surface area contributed by atoms with E-state index >= 15 is 0 Å². The highest BCUT2D eigenvalue weighted by atomic mass is 15.2. The van der Waals surface area contributed by atoms with Crippen molar-refractivity contribution in [2.24, 2.45) is 11.7 Å². The van der Waals surface area contributed by atoms with Crippen LogP contribution in [0.5, 0.6) is 0 Å². The maximum absolute atomic E-state index is 8.05. The quantitative estimate of drug-likeness (QED) is 0.449. The first-order valence-electron chi connectivity index (χ1n) is 6.78. The number of nitrogens with zero attached hydrogens (tertiary/aromatic N) is 1. The van der Waals surface area contributed by atoms with Crippen LogP contribution in [-0.4, -0.2) is 42.6 Å². The van der Waals surface area contributed by atoms with Crippen LogP contribution in [0.2, 0.25) is 0 Å². The standard InChI is InChI=1S/C14H25N5.H2/c1-3-5-14(17)19-9-11(12(7-15)8-16)6-13(10-19)18-4-2;/h3,5,7-8,11,13,15,17-18H,4,6,9-10,16H2,1-2H3;1H/b5-3-,12-8+,15-7?,17-14?;. The van der Waals surface area contributed by atoms with Crippen molar-refractivity contribution in [2.45, 2.75) is 26.3 Å². The molecule has 1 fully saturated rings. The molecule has 0 aromatic heterocycles. The number of hydrogen-bond acceptors (Lipinski definition) is 4. The van der Waals surface area contributed by atoms with Crippen molar-refractivity contribution in [1.82, 2.24) is 10.2 Å². The fourth-order valence-electron chi connectivity index (χ4n) is 2.54. The second-order valence-electron chi connectivity index (χ2n) is 4.79. The molecule has 0 aliphatic carbocycles. The minimum atomic E-state index is 0. The lowest BCUT2D eigenvalue weighted by Crippen LogP contribution is -2.51. The van der Waals surface area contributed by atoms with Gasteiger partial charge in [0.25, 0.3) is 0 Å². The van der Waals surface area contributed by atoms with Crippen LogP contribution in [0.4, 0.5) is 0 Å². The minimum absolute atomic E-state index is 0. The van der Waals surface area contributed by atoms with Crippen molar-refractivity contribution in [2.75, 3.05) is 19.6 Å². The zero-order chi connectivity index (χ0) is 14.3. The Morgan fingerprint density at radius 3 is 2.79 bits per heavy atom. The third-order valence-corrected chi connectivity index (χ3v) is 3.44. The van der Waals surface area contributed by atoms with Gasteiger partial charge in [-0.05, 0) is 37.7 Å². The Morgan fingerprint density at radius 2 is 2.26 bits per heavy atom. The summed E-state index contributed by atoms with van der Waals surface area (Å²) in [5, 5.41) is 18.9. The molecule has 0 amide bonds. The van der Waals surface area contributed by atoms with Gasteiger partial charge in [0, 0.05) is 32.7 Å². The van der Waals surface area contributed by atoms with Crippen molar-refractivity contribution in [3.05, 3.63) is 23.9 Å². The van der Waals surface area contributed by atoms with Gasteiger partial charge in [0.05, 0.1) is 0 Å². The lowest BCUT2D eigenvalue weighted by molar-refractivity contribution is 0.235. The van der Waals surface area contributed by atoms with E-state index in [1.165, 1.54) is 12.4 Å². The molecule has 19 heavy (non-hydrogen) atoms. The first-order valence-corrected chi connectivity index (χ1v) is 6.78. The number of nitrogens with two attached hydrogens (primary N) is 1. The highest BCUT2D eigenvalue weighted by molar-refractivity contribution is 5.90. The largest absolute Gasteiger partial charge is 0.404 e. The molecule has 0 bridgehead atoms. The summed E-state index contributed by atoms with van der Waals surface area (Å²) in [4.78, 5) is 2.05. The molecule has 5 heteroatoms. The zero-order valence-electron chi connectivity index (χ0n) is 11.8. The fraction of sp³-hybridized carbons (Fsp3) is 0.571. The molecule has 2 unspecified atom stereocenters. The molecule has 2 atom stereocenters. The Kier molecular flexibility index (Phi) is 6.29. The summed E-state index contributed by atoms with van der Waals surface area (Å²) in [5.74, 6) is 0.738. The average molecular weight is 265 g/mol. The summed E-state index contributed by atoms with van der Waals surface area (Å²) in [6, 6.07) is 0.337. The van der Waals surface area contributed by atoms with Crippen molar-refractivity contribution in [1.29, 1.82) is 10.8 Å². The number of nitrogens with one attached hydrogen (secondary N) is 3. The predicted molar refractivity (Wildman–Crippen MR) is 82.9 cm³/mol. The summed E-state index contributed by atoms with van der Waals surface area (Å²) in [6.45, 7) is 6.50. The van der Waals surface area contributed by atoms with Crippen LogP contribution in [0, 0.1) is 16.7 Å². The Labute approximate surface area is 117 Å². The van der Waals surface area contributed by atoms with Gasteiger partial charge in [-0.2, -0.15) is 0 Å². The van der Waals surface area contributed by atoms with Gasteiger partial charge in [0.1, 0.15) is 5.84 Å². The zero-order valence-corrected chi connectivity index (χ0v) is 11.8. The summed E-state index contributed by atoms with van der Waals surface area (Å²) in [5.41, 5.74) is 6.44. The third kappa shape index (κ3) is 4.21. The van der Waals surface area contributed by atoms with Gasteiger partial charge in [-0.1, -0.05) is 13.0 Å². The molecule has 0 aromatic rings. The molecule has 1 rings (SSSR count). The van der Waals surface area contributed by atoms with Gasteiger partial charge in [-0.3, -0.25) is 5.41 Å². The number of hydrogen-bond donors (Lipinski definition) is 4. The van der Waals surface area contributed by atoms with E-state index in [1.807, 2.05) is 19.1 Å². The summed E-state index contributed by atoms with van der Waals surface area (Å²) < 4.78 is 0. The lowest BCUT2D eigenvalue weighted by Gasteiger charge is -2.39. The minimum Gasteiger partial charge on any atom is -0.404 e. The van der Waals surface area contributed by atoms with E-state index in [9.17, 15) is 0 Å². The number of allylic oxidation sites excluding steroid dienone is 1. The SMILES string of the molecule is C/C=C\C(=N)N1CC(NCC)CC(/C(C=N)=C/N)C1.[HH]. The topological polar surface area (TPSA) is 89.0 Å². The van der Waals surface area contributed by atoms with E-state index in [2.05, 4.69) is 17.1 Å². The lowest BCUT2D eigenvalue weighted by atomic mass is 9.88. The molecule has 5 N–H and O–H groups in total. The molecule has 1 aliphatic rings. The maximum atomic E-state index is 8.05. The molecule has 108 valence electrons. The molecular formula is C14H27N5. The molecule has 1 saturated heterocycles. The van der Waals surface area contributed by atoms with Crippen molar-refractivity contribution in [3.8, 4) is 0 Å². The van der Waals surface area contributed by atoms with Gasteiger partial charge >= 0.3 is 0 Å². The van der Waals surface area contributed by atoms with E-state index in [1.54, 1.807) is 0 Å². The van der Waals surface area contributed by atoms with Gasteiger partial charge in [0.15, 0.2) is 0 Å². The Balaban J connectivity index is 0.00000361. The van der Waals surface area contributed by atoms with Crippen LogP contribution in [-0.2, 0) is 0 Å². The Morgan fingerprint density at radius 1 is 1.53 bits per heavy atom. The fourth-order valence-corrected chi connectivity index (χ4v) is 2.54. The van der Waals surface area contributed by atoms with Crippen molar-refractivity contribution < 1.29 is 1.43 Å². The predicted octanol–water partition coefficient (Wildman–Crippen LogP) is 1.58. The van der Waals surface area contributed by atoms with E-state index < -0.39 is 0 Å². The van der Waals surface area contributed by atoms with Crippen LogP contribution in [0.15, 0.2) is 23.9 Å². The molecule has 0 spiro atoms. The van der Waals surface area contributed by atoms with Crippen LogP contribution in [0.1, 0.15) is 21.7 Å². The molecule has 5 nitrogen and oxygen atoms in total. The van der Waals surface area contributed by atoms with Crippen molar-refractivity contribution >= 4 is 12.1 Å². The number of rotatable bonds is 5. The molecule has 1 aliphatic heterocycles.